The number of hydrogen-bond donors (Lipinski definition) is 1. The molecule has 4 heteroatoms. The van der Waals surface area contributed by atoms with Crippen molar-refractivity contribution in [2.45, 2.75) is 32.2 Å². The largest absolute Gasteiger partial charge is 0.398 e. The molecule has 2 aromatic rings. The zero-order chi connectivity index (χ0) is 13.9. The highest BCUT2D eigenvalue weighted by Crippen LogP contribution is 2.27. The number of hydrogen-bond acceptors (Lipinski definition) is 4. The van der Waals surface area contributed by atoms with Gasteiger partial charge in [0.25, 0.3) is 0 Å². The van der Waals surface area contributed by atoms with E-state index in [1.54, 1.807) is 6.33 Å². The first kappa shape index (κ1) is 12.9. The van der Waals surface area contributed by atoms with Crippen LogP contribution < -0.4 is 10.6 Å². The Bertz CT molecular complexity index is 609. The summed E-state index contributed by atoms with van der Waals surface area (Å²) in [5, 5.41) is 0. The van der Waals surface area contributed by atoms with Crippen LogP contribution in [0.25, 0.3) is 0 Å². The van der Waals surface area contributed by atoms with E-state index in [0.717, 1.165) is 36.5 Å². The second kappa shape index (κ2) is 5.49. The third-order valence-corrected chi connectivity index (χ3v) is 3.93. The number of aromatic nitrogens is 2. The van der Waals surface area contributed by atoms with Gasteiger partial charge in [0, 0.05) is 30.5 Å². The van der Waals surface area contributed by atoms with E-state index in [2.05, 4.69) is 28.0 Å². The lowest BCUT2D eigenvalue weighted by molar-refractivity contribution is 0.658. The summed E-state index contributed by atoms with van der Waals surface area (Å²) in [5.74, 6) is 1.05. The number of nitrogens with two attached hydrogens (primary N) is 1. The molecule has 0 saturated carbocycles. The SMILES string of the molecule is CN(Cc1ccccc1N)c1ncnc2c1CCCC2. The van der Waals surface area contributed by atoms with Crippen molar-refractivity contribution in [3.05, 3.63) is 47.4 Å². The maximum atomic E-state index is 6.03. The first-order valence-electron chi connectivity index (χ1n) is 7.13. The third-order valence-electron chi connectivity index (χ3n) is 3.93. The Morgan fingerprint density at radius 1 is 1.15 bits per heavy atom. The van der Waals surface area contributed by atoms with Gasteiger partial charge in [-0.25, -0.2) is 9.97 Å². The molecule has 1 heterocycles. The van der Waals surface area contributed by atoms with Gasteiger partial charge in [0.05, 0.1) is 0 Å². The van der Waals surface area contributed by atoms with Crippen LogP contribution in [0.2, 0.25) is 0 Å². The molecule has 0 amide bonds. The van der Waals surface area contributed by atoms with Gasteiger partial charge in [-0.1, -0.05) is 18.2 Å². The highest BCUT2D eigenvalue weighted by molar-refractivity contribution is 5.53. The number of anilines is 2. The Morgan fingerprint density at radius 2 is 1.95 bits per heavy atom. The highest BCUT2D eigenvalue weighted by Gasteiger charge is 2.18. The average molecular weight is 268 g/mol. The number of para-hydroxylation sites is 1. The van der Waals surface area contributed by atoms with Crippen molar-refractivity contribution < 1.29 is 0 Å². The van der Waals surface area contributed by atoms with Crippen LogP contribution in [0.3, 0.4) is 0 Å². The van der Waals surface area contributed by atoms with Crippen LogP contribution >= 0.6 is 0 Å². The lowest BCUT2D eigenvalue weighted by Crippen LogP contribution is -2.22. The molecule has 3 rings (SSSR count). The molecule has 0 radical (unpaired) electrons. The molecule has 0 atom stereocenters. The van der Waals surface area contributed by atoms with Crippen LogP contribution in [0, 0.1) is 0 Å². The van der Waals surface area contributed by atoms with Crippen LogP contribution in [0.4, 0.5) is 11.5 Å². The van der Waals surface area contributed by atoms with E-state index >= 15 is 0 Å². The number of aryl methyl sites for hydroxylation is 1. The quantitative estimate of drug-likeness (QED) is 0.869. The van der Waals surface area contributed by atoms with Crippen LogP contribution in [-0.4, -0.2) is 17.0 Å². The van der Waals surface area contributed by atoms with E-state index in [0.29, 0.717) is 0 Å². The summed E-state index contributed by atoms with van der Waals surface area (Å²) < 4.78 is 0. The minimum atomic E-state index is 0.774. The molecule has 20 heavy (non-hydrogen) atoms. The van der Waals surface area contributed by atoms with Gasteiger partial charge in [-0.2, -0.15) is 0 Å². The van der Waals surface area contributed by atoms with Gasteiger partial charge in [-0.05, 0) is 37.3 Å². The highest BCUT2D eigenvalue weighted by atomic mass is 15.2. The molecule has 0 bridgehead atoms. The number of nitrogens with zero attached hydrogens (tertiary/aromatic N) is 3. The van der Waals surface area contributed by atoms with Gasteiger partial charge in [0.2, 0.25) is 0 Å². The fraction of sp³-hybridized carbons (Fsp3) is 0.375. The van der Waals surface area contributed by atoms with Crippen molar-refractivity contribution >= 4 is 11.5 Å². The maximum absolute atomic E-state index is 6.03. The van der Waals surface area contributed by atoms with Gasteiger partial charge >= 0.3 is 0 Å². The summed E-state index contributed by atoms with van der Waals surface area (Å²) in [4.78, 5) is 11.1. The average Bonchev–Trinajstić information content (AvgIpc) is 2.49. The fourth-order valence-corrected chi connectivity index (χ4v) is 2.84. The van der Waals surface area contributed by atoms with Crippen molar-refractivity contribution in [1.82, 2.24) is 9.97 Å². The lowest BCUT2D eigenvalue weighted by Gasteiger charge is -2.25. The molecular weight excluding hydrogens is 248 g/mol. The van der Waals surface area contributed by atoms with Crippen molar-refractivity contribution in [2.75, 3.05) is 17.7 Å². The number of fused-ring (bicyclic) bond motifs is 1. The zero-order valence-electron chi connectivity index (χ0n) is 11.8. The van der Waals surface area contributed by atoms with Crippen molar-refractivity contribution in [1.29, 1.82) is 0 Å². The summed E-state index contributed by atoms with van der Waals surface area (Å²) in [6, 6.07) is 8.00. The molecule has 0 unspecified atom stereocenters. The third kappa shape index (κ3) is 2.46. The number of benzene rings is 1. The zero-order valence-corrected chi connectivity index (χ0v) is 11.8. The van der Waals surface area contributed by atoms with Crippen molar-refractivity contribution in [2.24, 2.45) is 0 Å². The molecular formula is C16H20N4. The predicted molar refractivity (Wildman–Crippen MR) is 81.6 cm³/mol. The van der Waals surface area contributed by atoms with Crippen molar-refractivity contribution in [3.8, 4) is 0 Å². The summed E-state index contributed by atoms with van der Waals surface area (Å²) in [5.41, 5.74) is 10.5. The number of rotatable bonds is 3. The monoisotopic (exact) mass is 268 g/mol. The molecule has 0 fully saturated rings. The summed E-state index contributed by atoms with van der Waals surface area (Å²) in [7, 11) is 2.07. The van der Waals surface area contributed by atoms with Gasteiger partial charge < -0.3 is 10.6 Å². The van der Waals surface area contributed by atoms with Gasteiger partial charge in [-0.3, -0.25) is 0 Å². The summed E-state index contributed by atoms with van der Waals surface area (Å²) in [6.07, 6.45) is 6.31. The molecule has 0 spiro atoms. The molecule has 1 aromatic carbocycles. The first-order chi connectivity index (χ1) is 9.75. The Morgan fingerprint density at radius 3 is 2.80 bits per heavy atom. The van der Waals surface area contributed by atoms with Gasteiger partial charge in [0.1, 0.15) is 12.1 Å². The van der Waals surface area contributed by atoms with Crippen molar-refractivity contribution in [3.63, 3.8) is 0 Å². The molecule has 1 aliphatic rings. The van der Waals surface area contributed by atoms with E-state index < -0.39 is 0 Å². The number of nitrogen functional groups attached to an aromatic ring is 1. The molecule has 104 valence electrons. The first-order valence-corrected chi connectivity index (χ1v) is 7.13. The Hall–Kier alpha value is -2.10. The molecule has 1 aromatic heterocycles. The smallest absolute Gasteiger partial charge is 0.135 e. The maximum Gasteiger partial charge on any atom is 0.135 e. The van der Waals surface area contributed by atoms with Crippen LogP contribution in [-0.2, 0) is 19.4 Å². The fourth-order valence-electron chi connectivity index (χ4n) is 2.84. The summed E-state index contributed by atoms with van der Waals surface area (Å²) >= 11 is 0. The normalized spacial score (nSPS) is 13.8. The van der Waals surface area contributed by atoms with E-state index in [4.69, 9.17) is 5.73 Å². The Kier molecular flexibility index (Phi) is 3.54. The molecule has 1 aliphatic carbocycles. The van der Waals surface area contributed by atoms with E-state index in [1.165, 1.54) is 24.1 Å². The standard InChI is InChI=1S/C16H20N4/c1-20(10-12-6-2-4-8-14(12)17)16-13-7-3-5-9-15(13)18-11-19-16/h2,4,6,8,11H,3,5,7,9-10,17H2,1H3. The van der Waals surface area contributed by atoms with Crippen LogP contribution in [0.1, 0.15) is 29.7 Å². The van der Waals surface area contributed by atoms with Crippen LogP contribution in [0.15, 0.2) is 30.6 Å². The van der Waals surface area contributed by atoms with Gasteiger partial charge in [0.15, 0.2) is 0 Å². The van der Waals surface area contributed by atoms with Crippen LogP contribution in [0.5, 0.6) is 0 Å². The second-order valence-corrected chi connectivity index (χ2v) is 5.38. The molecule has 0 saturated heterocycles. The second-order valence-electron chi connectivity index (χ2n) is 5.38. The summed E-state index contributed by atoms with van der Waals surface area (Å²) in [6.45, 7) is 0.774. The predicted octanol–water partition coefficient (Wildman–Crippen LogP) is 2.57. The van der Waals surface area contributed by atoms with E-state index in [1.807, 2.05) is 18.2 Å². The topological polar surface area (TPSA) is 55.0 Å². The van der Waals surface area contributed by atoms with E-state index in [-0.39, 0.29) is 0 Å². The Balaban J connectivity index is 1.88. The minimum absolute atomic E-state index is 0.774. The van der Waals surface area contributed by atoms with Gasteiger partial charge in [-0.15, -0.1) is 0 Å². The lowest BCUT2D eigenvalue weighted by atomic mass is 9.96. The molecule has 4 nitrogen and oxygen atoms in total. The molecule has 0 aliphatic heterocycles. The molecule has 2 N–H and O–H groups in total. The van der Waals surface area contributed by atoms with E-state index in [9.17, 15) is 0 Å². The minimum Gasteiger partial charge on any atom is -0.398 e. The Labute approximate surface area is 119 Å².